The minimum absolute atomic E-state index is 0.0751. The lowest BCUT2D eigenvalue weighted by molar-refractivity contribution is -0.145. The molecule has 3 rings (SSSR count). The van der Waals surface area contributed by atoms with Gasteiger partial charge in [-0.05, 0) is 42.9 Å². The zero-order valence-corrected chi connectivity index (χ0v) is 15.2. The third kappa shape index (κ3) is 2.58. The third-order valence-electron chi connectivity index (χ3n) is 7.56. The highest BCUT2D eigenvalue weighted by Crippen LogP contribution is 2.63. The van der Waals surface area contributed by atoms with Crippen LogP contribution in [-0.2, 0) is 4.79 Å². The zero-order chi connectivity index (χ0) is 17.8. The molecule has 4 nitrogen and oxygen atoms in total. The van der Waals surface area contributed by atoms with Gasteiger partial charge in [-0.1, -0.05) is 32.4 Å². The molecule has 0 radical (unpaired) electrons. The van der Waals surface area contributed by atoms with Gasteiger partial charge in [0.05, 0.1) is 12.7 Å². The van der Waals surface area contributed by atoms with Gasteiger partial charge >= 0.3 is 0 Å². The number of ketones is 1. The van der Waals surface area contributed by atoms with E-state index in [1.165, 1.54) is 5.57 Å². The second kappa shape index (κ2) is 5.93. The van der Waals surface area contributed by atoms with Crippen LogP contribution in [0.15, 0.2) is 11.6 Å². The van der Waals surface area contributed by atoms with Gasteiger partial charge in [0, 0.05) is 30.3 Å². The Hall–Kier alpha value is -0.710. The quantitative estimate of drug-likeness (QED) is 0.692. The van der Waals surface area contributed by atoms with Crippen molar-refractivity contribution < 1.29 is 20.1 Å². The number of rotatable bonds is 3. The normalized spacial score (nSPS) is 46.8. The molecule has 0 saturated heterocycles. The van der Waals surface area contributed by atoms with Gasteiger partial charge in [0.1, 0.15) is 5.78 Å². The van der Waals surface area contributed by atoms with Crippen LogP contribution in [0.5, 0.6) is 0 Å². The van der Waals surface area contributed by atoms with Crippen LogP contribution in [0.3, 0.4) is 0 Å². The molecular formula is C20H32O4. The minimum Gasteiger partial charge on any atom is -0.396 e. The van der Waals surface area contributed by atoms with Gasteiger partial charge in [0.15, 0.2) is 0 Å². The summed E-state index contributed by atoms with van der Waals surface area (Å²) in [4.78, 5) is 12.5. The number of hydrogen-bond donors (Lipinski definition) is 3. The first-order valence-corrected chi connectivity index (χ1v) is 9.32. The van der Waals surface area contributed by atoms with E-state index >= 15 is 0 Å². The number of aliphatic hydroxyl groups is 3. The van der Waals surface area contributed by atoms with Gasteiger partial charge in [-0.25, -0.2) is 0 Å². The number of fused-ring (bicyclic) bond motifs is 3. The predicted molar refractivity (Wildman–Crippen MR) is 92.3 cm³/mol. The highest BCUT2D eigenvalue weighted by molar-refractivity contribution is 5.81. The van der Waals surface area contributed by atoms with E-state index in [1.54, 1.807) is 0 Å². The molecule has 0 aromatic rings. The Morgan fingerprint density at radius 1 is 1.21 bits per heavy atom. The van der Waals surface area contributed by atoms with Crippen molar-refractivity contribution in [3.63, 3.8) is 0 Å². The summed E-state index contributed by atoms with van der Waals surface area (Å²) in [7, 11) is 0. The fourth-order valence-corrected chi connectivity index (χ4v) is 6.21. The van der Waals surface area contributed by atoms with Crippen LogP contribution in [0, 0.1) is 28.1 Å². The van der Waals surface area contributed by atoms with E-state index in [4.69, 9.17) is 0 Å². The zero-order valence-electron chi connectivity index (χ0n) is 15.2. The van der Waals surface area contributed by atoms with E-state index in [9.17, 15) is 20.1 Å². The SMILES string of the molecule is C[C@@]1(CO)CC(=O)C[C@@]2(C)[C@@H]3CC[C@](C)([C@@H](O)CO)C=C3CC[C@H]12. The number of hydrogen-bond acceptors (Lipinski definition) is 4. The maximum atomic E-state index is 12.5. The topological polar surface area (TPSA) is 77.8 Å². The Labute approximate surface area is 145 Å². The molecule has 0 aromatic heterocycles. The fraction of sp³-hybridized carbons (Fsp3) is 0.850. The molecule has 24 heavy (non-hydrogen) atoms. The van der Waals surface area contributed by atoms with Crippen LogP contribution in [0.2, 0.25) is 0 Å². The van der Waals surface area contributed by atoms with Crippen molar-refractivity contribution in [1.29, 1.82) is 0 Å². The van der Waals surface area contributed by atoms with E-state index in [0.29, 0.717) is 24.7 Å². The van der Waals surface area contributed by atoms with Gasteiger partial charge in [0.25, 0.3) is 0 Å². The Morgan fingerprint density at radius 3 is 2.54 bits per heavy atom. The highest BCUT2D eigenvalue weighted by atomic mass is 16.3. The van der Waals surface area contributed by atoms with Crippen LogP contribution >= 0.6 is 0 Å². The predicted octanol–water partition coefficient (Wildman–Crippen LogP) is 2.46. The largest absolute Gasteiger partial charge is 0.396 e. The van der Waals surface area contributed by atoms with Crippen LogP contribution in [0.1, 0.15) is 59.3 Å². The summed E-state index contributed by atoms with van der Waals surface area (Å²) in [5, 5.41) is 29.6. The molecule has 3 N–H and O–H groups in total. The van der Waals surface area contributed by atoms with Gasteiger partial charge in [-0.15, -0.1) is 0 Å². The summed E-state index contributed by atoms with van der Waals surface area (Å²) in [5.74, 6) is 0.989. The molecule has 0 spiro atoms. The van der Waals surface area contributed by atoms with Crippen LogP contribution in [0.4, 0.5) is 0 Å². The first-order chi connectivity index (χ1) is 11.2. The van der Waals surface area contributed by atoms with Gasteiger partial charge in [-0.3, -0.25) is 4.79 Å². The molecule has 2 saturated carbocycles. The lowest BCUT2D eigenvalue weighted by atomic mass is 9.45. The highest BCUT2D eigenvalue weighted by Gasteiger charge is 2.58. The summed E-state index contributed by atoms with van der Waals surface area (Å²) in [5.41, 5.74) is 0.580. The van der Waals surface area contributed by atoms with E-state index in [1.807, 2.05) is 6.92 Å². The summed E-state index contributed by atoms with van der Waals surface area (Å²) in [6.07, 6.45) is 6.31. The van der Waals surface area contributed by atoms with Crippen LogP contribution in [0.25, 0.3) is 0 Å². The second-order valence-electron chi connectivity index (χ2n) is 9.32. The van der Waals surface area contributed by atoms with Crippen LogP contribution < -0.4 is 0 Å². The lowest BCUT2D eigenvalue weighted by Gasteiger charge is -2.59. The maximum absolute atomic E-state index is 12.5. The van der Waals surface area contributed by atoms with Crippen molar-refractivity contribution in [3.05, 3.63) is 11.6 Å². The van der Waals surface area contributed by atoms with Crippen molar-refractivity contribution in [3.8, 4) is 0 Å². The van der Waals surface area contributed by atoms with E-state index < -0.39 is 6.10 Å². The average Bonchev–Trinajstić information content (AvgIpc) is 2.52. The fourth-order valence-electron chi connectivity index (χ4n) is 6.21. The van der Waals surface area contributed by atoms with Crippen molar-refractivity contribution in [1.82, 2.24) is 0 Å². The van der Waals surface area contributed by atoms with E-state index in [-0.39, 0.29) is 35.2 Å². The lowest BCUT2D eigenvalue weighted by Crippen LogP contribution is -2.55. The molecule has 2 fully saturated rings. The molecule has 0 heterocycles. The van der Waals surface area contributed by atoms with E-state index in [2.05, 4.69) is 19.9 Å². The number of allylic oxidation sites excluding steroid dienone is 1. The van der Waals surface area contributed by atoms with Crippen molar-refractivity contribution in [2.75, 3.05) is 13.2 Å². The first-order valence-electron chi connectivity index (χ1n) is 9.32. The van der Waals surface area contributed by atoms with Gasteiger partial charge in [0.2, 0.25) is 0 Å². The van der Waals surface area contributed by atoms with Gasteiger partial charge < -0.3 is 15.3 Å². The Kier molecular flexibility index (Phi) is 4.47. The summed E-state index contributed by atoms with van der Waals surface area (Å²) < 4.78 is 0. The number of carbonyl (C=O) groups is 1. The van der Waals surface area contributed by atoms with Crippen molar-refractivity contribution in [2.24, 2.45) is 28.1 Å². The molecule has 3 aliphatic carbocycles. The molecule has 6 atom stereocenters. The number of carbonyl (C=O) groups excluding carboxylic acids is 1. The van der Waals surface area contributed by atoms with Crippen molar-refractivity contribution >= 4 is 5.78 Å². The maximum Gasteiger partial charge on any atom is 0.134 e. The third-order valence-corrected chi connectivity index (χ3v) is 7.56. The standard InChI is InChI=1S/C20H32O4/c1-18(17(24)11-21)7-6-15-13(8-18)4-5-16-19(2,12-22)9-14(23)10-20(15,16)3/h8,15-17,21-22,24H,4-7,9-12H2,1-3H3/t15-,16-,17+,18+,19+,20+/m1/s1. The molecule has 0 amide bonds. The molecule has 136 valence electrons. The molecular weight excluding hydrogens is 304 g/mol. The van der Waals surface area contributed by atoms with Crippen LogP contribution in [-0.4, -0.2) is 40.4 Å². The molecule has 3 aliphatic rings. The first kappa shape index (κ1) is 18.1. The summed E-state index contributed by atoms with van der Waals surface area (Å²) >= 11 is 0. The van der Waals surface area contributed by atoms with Gasteiger partial charge in [-0.2, -0.15) is 0 Å². The number of Topliss-reactive ketones (excluding diaryl/α,β-unsaturated/α-hetero) is 1. The molecule has 0 bridgehead atoms. The second-order valence-corrected chi connectivity index (χ2v) is 9.32. The molecule has 4 heteroatoms. The molecule has 0 unspecified atom stereocenters. The monoisotopic (exact) mass is 336 g/mol. The van der Waals surface area contributed by atoms with Crippen molar-refractivity contribution in [2.45, 2.75) is 65.4 Å². The Bertz CT molecular complexity index is 556. The number of aliphatic hydroxyl groups excluding tert-OH is 3. The molecule has 0 aliphatic heterocycles. The summed E-state index contributed by atoms with van der Waals surface area (Å²) in [6, 6.07) is 0. The summed E-state index contributed by atoms with van der Waals surface area (Å²) in [6.45, 7) is 6.20. The Morgan fingerprint density at radius 2 is 1.92 bits per heavy atom. The molecule has 0 aromatic carbocycles. The Balaban J connectivity index is 1.97. The van der Waals surface area contributed by atoms with E-state index in [0.717, 1.165) is 25.7 Å². The minimum atomic E-state index is -0.729. The average molecular weight is 336 g/mol. The smallest absolute Gasteiger partial charge is 0.134 e.